The van der Waals surface area contributed by atoms with Crippen molar-refractivity contribution in [3.63, 3.8) is 0 Å². The van der Waals surface area contributed by atoms with E-state index in [1.807, 2.05) is 18.2 Å². The summed E-state index contributed by atoms with van der Waals surface area (Å²) in [6.45, 7) is 0. The first-order chi connectivity index (χ1) is 10.2. The highest BCUT2D eigenvalue weighted by atomic mass is 16.5. The van der Waals surface area contributed by atoms with Gasteiger partial charge in [0.15, 0.2) is 5.52 Å². The molecular formula is C14H12N4O3. The molecule has 1 N–H and O–H groups in total. The van der Waals surface area contributed by atoms with Crippen LogP contribution in [0.3, 0.4) is 0 Å². The molecule has 0 unspecified atom stereocenters. The molecule has 0 amide bonds. The summed E-state index contributed by atoms with van der Waals surface area (Å²) in [7, 11) is 1.49. The van der Waals surface area contributed by atoms with Gasteiger partial charge in [-0.05, 0) is 24.3 Å². The Bertz CT molecular complexity index is 793. The number of aromatic nitrogens is 3. The molecule has 0 aliphatic carbocycles. The highest BCUT2D eigenvalue weighted by Gasteiger charge is 2.21. The number of benzene rings is 2. The Kier molecular flexibility index (Phi) is 3.15. The van der Waals surface area contributed by atoms with Gasteiger partial charge in [-0.1, -0.05) is 18.2 Å². The summed E-state index contributed by atoms with van der Waals surface area (Å²) in [6, 6.07) is 13.6. The Hall–Kier alpha value is -3.09. The zero-order chi connectivity index (χ0) is 14.8. The molecule has 0 saturated carbocycles. The second kappa shape index (κ2) is 5.12. The first-order valence-corrected chi connectivity index (χ1v) is 6.22. The lowest BCUT2D eigenvalue weighted by Gasteiger charge is -2.10. The standard InChI is InChI=1S/C14H12N4O3/c1-21-11-7-8-12-13(9-11)18(20)16-14(17(12)19)15-10-5-3-2-4-6-10/h2-9H,1H3,(H,15,16). The first kappa shape index (κ1) is 12.9. The van der Waals surface area contributed by atoms with Crippen molar-refractivity contribution in [1.82, 2.24) is 5.10 Å². The van der Waals surface area contributed by atoms with Crippen LogP contribution in [0.15, 0.2) is 48.5 Å². The van der Waals surface area contributed by atoms with E-state index in [-0.39, 0.29) is 17.0 Å². The topological polar surface area (TPSA) is 88.0 Å². The molecule has 0 aliphatic rings. The van der Waals surface area contributed by atoms with Gasteiger partial charge in [0, 0.05) is 4.85 Å². The maximum absolute atomic E-state index is 12.3. The number of para-hydroxylation sites is 1. The van der Waals surface area contributed by atoms with Gasteiger partial charge in [-0.15, -0.1) is 0 Å². The molecule has 0 spiro atoms. The molecule has 2 aromatic carbocycles. The van der Waals surface area contributed by atoms with Crippen LogP contribution in [0, 0.1) is 10.4 Å². The van der Waals surface area contributed by atoms with Crippen LogP contribution in [0.25, 0.3) is 11.0 Å². The van der Waals surface area contributed by atoms with Crippen LogP contribution < -0.4 is 19.6 Å². The lowest BCUT2D eigenvalue weighted by Crippen LogP contribution is -2.43. The zero-order valence-electron chi connectivity index (χ0n) is 11.2. The number of nitrogens with zero attached hydrogens (tertiary/aromatic N) is 3. The van der Waals surface area contributed by atoms with Gasteiger partial charge >= 0.3 is 11.5 Å². The Morgan fingerprint density at radius 3 is 2.52 bits per heavy atom. The van der Waals surface area contributed by atoms with Crippen LogP contribution in [0.5, 0.6) is 5.75 Å². The summed E-state index contributed by atoms with van der Waals surface area (Å²) < 4.78 is 5.62. The van der Waals surface area contributed by atoms with Crippen molar-refractivity contribution in [2.24, 2.45) is 0 Å². The molecule has 1 aromatic heterocycles. The van der Waals surface area contributed by atoms with E-state index < -0.39 is 0 Å². The number of ether oxygens (including phenoxy) is 1. The summed E-state index contributed by atoms with van der Waals surface area (Å²) in [5.74, 6) is 0.395. The minimum absolute atomic E-state index is 0.0890. The van der Waals surface area contributed by atoms with Gasteiger partial charge in [-0.2, -0.15) is 0 Å². The molecule has 0 atom stereocenters. The summed E-state index contributed by atoms with van der Waals surface area (Å²) in [6.07, 6.45) is 0. The molecule has 3 rings (SSSR count). The van der Waals surface area contributed by atoms with Gasteiger partial charge in [-0.3, -0.25) is 0 Å². The van der Waals surface area contributed by atoms with Gasteiger partial charge in [-0.25, -0.2) is 10.0 Å². The van der Waals surface area contributed by atoms with Crippen LogP contribution in [0.2, 0.25) is 0 Å². The van der Waals surface area contributed by atoms with Crippen molar-refractivity contribution in [1.29, 1.82) is 0 Å². The Morgan fingerprint density at radius 1 is 1.05 bits per heavy atom. The van der Waals surface area contributed by atoms with Crippen molar-refractivity contribution in [2.45, 2.75) is 0 Å². The van der Waals surface area contributed by atoms with Gasteiger partial charge in [0.05, 0.1) is 18.9 Å². The van der Waals surface area contributed by atoms with Gasteiger partial charge in [0.2, 0.25) is 5.10 Å². The van der Waals surface area contributed by atoms with Crippen molar-refractivity contribution >= 4 is 22.7 Å². The molecule has 3 aromatic rings. The number of rotatable bonds is 3. The van der Waals surface area contributed by atoms with Crippen LogP contribution in [-0.4, -0.2) is 12.2 Å². The average molecular weight is 284 g/mol. The summed E-state index contributed by atoms with van der Waals surface area (Å²) in [5.41, 5.74) is 1.02. The van der Waals surface area contributed by atoms with Crippen LogP contribution in [-0.2, 0) is 0 Å². The molecule has 0 saturated heterocycles. The summed E-state index contributed by atoms with van der Waals surface area (Å²) in [5, 5.41) is 30.8. The van der Waals surface area contributed by atoms with E-state index in [1.165, 1.54) is 19.2 Å². The fourth-order valence-electron chi connectivity index (χ4n) is 1.98. The van der Waals surface area contributed by atoms with E-state index in [4.69, 9.17) is 4.74 Å². The number of fused-ring (bicyclic) bond motifs is 1. The number of nitrogens with one attached hydrogen (secondary N) is 1. The Morgan fingerprint density at radius 2 is 1.81 bits per heavy atom. The Labute approximate surface area is 120 Å². The predicted octanol–water partition coefficient (Wildman–Crippen LogP) is 1.25. The van der Waals surface area contributed by atoms with Gasteiger partial charge < -0.3 is 15.2 Å². The lowest BCUT2D eigenvalue weighted by molar-refractivity contribution is -0.672. The molecule has 21 heavy (non-hydrogen) atoms. The third-order valence-corrected chi connectivity index (χ3v) is 3.02. The third-order valence-electron chi connectivity index (χ3n) is 3.02. The average Bonchev–Trinajstić information content (AvgIpc) is 2.53. The van der Waals surface area contributed by atoms with Gasteiger partial charge in [0.1, 0.15) is 5.75 Å². The second-order valence-corrected chi connectivity index (χ2v) is 4.34. The molecule has 0 radical (unpaired) electrons. The fraction of sp³-hybridized carbons (Fsp3) is 0.0714. The van der Waals surface area contributed by atoms with Crippen molar-refractivity contribution < 1.29 is 14.3 Å². The number of hydrogen-bond donors (Lipinski definition) is 1. The maximum Gasteiger partial charge on any atom is 0.465 e. The molecule has 0 aliphatic heterocycles. The Balaban J connectivity index is 2.11. The van der Waals surface area contributed by atoms with E-state index in [0.29, 0.717) is 21.0 Å². The van der Waals surface area contributed by atoms with Crippen molar-refractivity contribution in [3.05, 3.63) is 58.9 Å². The minimum atomic E-state index is -0.0890. The highest BCUT2D eigenvalue weighted by Crippen LogP contribution is 2.17. The molecular weight excluding hydrogens is 272 g/mol. The van der Waals surface area contributed by atoms with E-state index in [2.05, 4.69) is 10.4 Å². The first-order valence-electron chi connectivity index (χ1n) is 6.22. The van der Waals surface area contributed by atoms with E-state index in [0.717, 1.165) is 0 Å². The molecule has 7 nitrogen and oxygen atoms in total. The number of anilines is 2. The largest absolute Gasteiger partial charge is 0.739 e. The molecule has 106 valence electrons. The van der Waals surface area contributed by atoms with Crippen LogP contribution in [0.1, 0.15) is 0 Å². The quantitative estimate of drug-likeness (QED) is 0.577. The van der Waals surface area contributed by atoms with Gasteiger partial charge in [0.25, 0.3) is 0 Å². The monoisotopic (exact) mass is 284 g/mol. The molecule has 1 heterocycles. The molecule has 0 fully saturated rings. The fourth-order valence-corrected chi connectivity index (χ4v) is 1.98. The maximum atomic E-state index is 12.3. The van der Waals surface area contributed by atoms with E-state index >= 15 is 0 Å². The smallest absolute Gasteiger partial charge is 0.465 e. The zero-order valence-corrected chi connectivity index (χ0v) is 11.2. The summed E-state index contributed by atoms with van der Waals surface area (Å²) >= 11 is 0. The highest BCUT2D eigenvalue weighted by molar-refractivity contribution is 5.70. The molecule has 0 bridgehead atoms. The molecule has 7 heteroatoms. The van der Waals surface area contributed by atoms with E-state index in [1.54, 1.807) is 18.2 Å². The third kappa shape index (κ3) is 2.36. The second-order valence-electron chi connectivity index (χ2n) is 4.34. The predicted molar refractivity (Wildman–Crippen MR) is 75.9 cm³/mol. The van der Waals surface area contributed by atoms with Crippen molar-refractivity contribution in [2.75, 3.05) is 12.4 Å². The van der Waals surface area contributed by atoms with Crippen LogP contribution >= 0.6 is 0 Å². The van der Waals surface area contributed by atoms with E-state index in [9.17, 15) is 10.4 Å². The number of hydrogen-bond acceptors (Lipinski definition) is 5. The minimum Gasteiger partial charge on any atom is -0.739 e. The van der Waals surface area contributed by atoms with Crippen molar-refractivity contribution in [3.8, 4) is 5.75 Å². The lowest BCUT2D eigenvalue weighted by atomic mass is 10.3. The van der Waals surface area contributed by atoms with Crippen LogP contribution in [0.4, 0.5) is 11.6 Å². The normalized spacial score (nSPS) is 10.5. The SMILES string of the molecule is COc1ccc2c(c1)[n+]([O-])nc(Nc1ccccc1)[n+]2[O-]. The summed E-state index contributed by atoms with van der Waals surface area (Å²) in [4.78, 5) is 0.400. The number of methoxy groups -OCH3 is 1.